The third kappa shape index (κ3) is 4.13. The van der Waals surface area contributed by atoms with Gasteiger partial charge in [-0.2, -0.15) is 0 Å². The van der Waals surface area contributed by atoms with E-state index < -0.39 is 17.1 Å². The molecule has 1 amide bonds. The number of methoxy groups -OCH3 is 1. The molecule has 4 aromatic rings. The van der Waals surface area contributed by atoms with Crippen molar-refractivity contribution >= 4 is 34.5 Å². The predicted molar refractivity (Wildman–Crippen MR) is 123 cm³/mol. The van der Waals surface area contributed by atoms with Crippen LogP contribution in [0.15, 0.2) is 88.8 Å². The number of amides is 1. The van der Waals surface area contributed by atoms with Gasteiger partial charge in [-0.25, -0.2) is 9.78 Å². The van der Waals surface area contributed by atoms with Crippen LogP contribution in [0.5, 0.6) is 0 Å². The normalized spacial score (nSPS) is 11.8. The molecule has 0 fully saturated rings. The standard InChI is InChI=1S/C24H19N3O4S/c1-31-23(30)16-12-13-18-19(14-16)26-24(27(22(18)29)17-10-6-3-7-11-17)32-20(21(25)28)15-8-4-2-5-9-15/h2-14,20H,1H3,(H2,25,28)/t20-/m0/s1. The number of primary amides is 1. The largest absolute Gasteiger partial charge is 0.465 e. The number of aromatic nitrogens is 2. The third-order valence-corrected chi connectivity index (χ3v) is 6.08. The fourth-order valence-electron chi connectivity index (χ4n) is 3.32. The highest BCUT2D eigenvalue weighted by Crippen LogP contribution is 2.35. The molecule has 0 unspecified atom stereocenters. The highest BCUT2D eigenvalue weighted by atomic mass is 32.2. The lowest BCUT2D eigenvalue weighted by Gasteiger charge is -2.17. The van der Waals surface area contributed by atoms with Crippen molar-refractivity contribution in [3.63, 3.8) is 0 Å². The molecule has 0 aliphatic carbocycles. The molecular weight excluding hydrogens is 426 g/mol. The summed E-state index contributed by atoms with van der Waals surface area (Å²) in [4.78, 5) is 42.4. The lowest BCUT2D eigenvalue weighted by Crippen LogP contribution is -2.24. The first-order valence-electron chi connectivity index (χ1n) is 9.71. The topological polar surface area (TPSA) is 104 Å². The molecule has 1 aromatic heterocycles. The molecule has 0 aliphatic rings. The van der Waals surface area contributed by atoms with Crippen LogP contribution < -0.4 is 11.3 Å². The highest BCUT2D eigenvalue weighted by Gasteiger charge is 2.24. The molecule has 0 saturated carbocycles. The molecule has 3 aromatic carbocycles. The number of hydrogen-bond acceptors (Lipinski definition) is 6. The highest BCUT2D eigenvalue weighted by molar-refractivity contribution is 8.00. The van der Waals surface area contributed by atoms with E-state index >= 15 is 0 Å². The van der Waals surface area contributed by atoms with E-state index in [1.165, 1.54) is 23.8 Å². The smallest absolute Gasteiger partial charge is 0.337 e. The second-order valence-corrected chi connectivity index (χ2v) is 7.98. The van der Waals surface area contributed by atoms with Crippen molar-refractivity contribution in [1.82, 2.24) is 9.55 Å². The number of hydrogen-bond donors (Lipinski definition) is 1. The average Bonchev–Trinajstić information content (AvgIpc) is 2.82. The zero-order valence-corrected chi connectivity index (χ0v) is 17.9. The Labute approximate surface area is 187 Å². The first-order valence-corrected chi connectivity index (χ1v) is 10.6. The average molecular weight is 446 g/mol. The van der Waals surface area contributed by atoms with E-state index in [1.54, 1.807) is 30.3 Å². The van der Waals surface area contributed by atoms with E-state index in [0.717, 1.165) is 11.8 Å². The van der Waals surface area contributed by atoms with E-state index in [0.29, 0.717) is 22.2 Å². The Morgan fingerprint density at radius 2 is 1.66 bits per heavy atom. The maximum absolute atomic E-state index is 13.5. The minimum absolute atomic E-state index is 0.273. The van der Waals surface area contributed by atoms with E-state index in [-0.39, 0.29) is 16.3 Å². The second-order valence-electron chi connectivity index (χ2n) is 6.90. The summed E-state index contributed by atoms with van der Waals surface area (Å²) in [5.74, 6) is -1.09. The Morgan fingerprint density at radius 3 is 2.28 bits per heavy atom. The van der Waals surface area contributed by atoms with Gasteiger partial charge in [-0.15, -0.1) is 0 Å². The van der Waals surface area contributed by atoms with E-state index in [9.17, 15) is 14.4 Å². The third-order valence-electron chi connectivity index (χ3n) is 4.86. The number of fused-ring (bicyclic) bond motifs is 1. The van der Waals surface area contributed by atoms with Crippen LogP contribution in [0, 0.1) is 0 Å². The van der Waals surface area contributed by atoms with Gasteiger partial charge in [0, 0.05) is 0 Å². The van der Waals surface area contributed by atoms with Gasteiger partial charge in [-0.1, -0.05) is 60.3 Å². The van der Waals surface area contributed by atoms with E-state index in [2.05, 4.69) is 4.98 Å². The Hall–Kier alpha value is -3.91. The van der Waals surface area contributed by atoms with Crippen molar-refractivity contribution in [3.05, 3.63) is 100 Å². The molecule has 0 bridgehead atoms. The number of rotatable bonds is 6. The van der Waals surface area contributed by atoms with Crippen LogP contribution in [0.25, 0.3) is 16.6 Å². The molecule has 1 atom stereocenters. The molecule has 4 rings (SSSR count). The van der Waals surface area contributed by atoms with Crippen molar-refractivity contribution in [1.29, 1.82) is 0 Å². The van der Waals surface area contributed by atoms with Crippen molar-refractivity contribution in [2.45, 2.75) is 10.4 Å². The van der Waals surface area contributed by atoms with Gasteiger partial charge in [0.15, 0.2) is 5.16 Å². The predicted octanol–water partition coefficient (Wildman–Crippen LogP) is 3.49. The van der Waals surface area contributed by atoms with Crippen LogP contribution in [-0.4, -0.2) is 28.5 Å². The number of nitrogens with two attached hydrogens (primary N) is 1. The summed E-state index contributed by atoms with van der Waals surface area (Å²) in [6.45, 7) is 0. The summed E-state index contributed by atoms with van der Waals surface area (Å²) in [5, 5.41) is -0.149. The molecule has 7 nitrogen and oxygen atoms in total. The first-order chi connectivity index (χ1) is 15.5. The number of carbonyl (C=O) groups excluding carboxylic acids is 2. The second kappa shape index (κ2) is 9.07. The zero-order valence-electron chi connectivity index (χ0n) is 17.1. The summed E-state index contributed by atoms with van der Waals surface area (Å²) in [6.07, 6.45) is 0. The van der Waals surface area contributed by atoms with Crippen LogP contribution in [0.4, 0.5) is 0 Å². The Morgan fingerprint density at radius 1 is 1.00 bits per heavy atom. The number of nitrogens with zero attached hydrogens (tertiary/aromatic N) is 2. The SMILES string of the molecule is COC(=O)c1ccc2c(=O)n(-c3ccccc3)c(S[C@H](C(N)=O)c3ccccc3)nc2c1. The molecule has 0 radical (unpaired) electrons. The van der Waals surface area contributed by atoms with Crippen LogP contribution >= 0.6 is 11.8 Å². The monoisotopic (exact) mass is 445 g/mol. The molecule has 0 spiro atoms. The summed E-state index contributed by atoms with van der Waals surface area (Å²) < 4.78 is 6.22. The summed E-state index contributed by atoms with van der Waals surface area (Å²) in [6, 6.07) is 22.7. The molecule has 1 heterocycles. The molecule has 0 aliphatic heterocycles. The Kier molecular flexibility index (Phi) is 6.04. The molecule has 32 heavy (non-hydrogen) atoms. The van der Waals surface area contributed by atoms with Gasteiger partial charge < -0.3 is 10.5 Å². The minimum Gasteiger partial charge on any atom is -0.465 e. The van der Waals surface area contributed by atoms with Gasteiger partial charge in [0.25, 0.3) is 5.56 Å². The summed E-state index contributed by atoms with van der Waals surface area (Å²) in [5.41, 5.74) is 7.27. The molecule has 160 valence electrons. The maximum Gasteiger partial charge on any atom is 0.337 e. The number of ether oxygens (including phenoxy) is 1. The van der Waals surface area contributed by atoms with Crippen LogP contribution in [0.3, 0.4) is 0 Å². The van der Waals surface area contributed by atoms with Gasteiger partial charge in [-0.3, -0.25) is 14.2 Å². The van der Waals surface area contributed by atoms with Crippen molar-refractivity contribution in [2.75, 3.05) is 7.11 Å². The quantitative estimate of drug-likeness (QED) is 0.277. The fraction of sp³-hybridized carbons (Fsp3) is 0.0833. The van der Waals surface area contributed by atoms with Gasteiger partial charge in [0.2, 0.25) is 5.91 Å². The van der Waals surface area contributed by atoms with E-state index in [1.807, 2.05) is 36.4 Å². The Bertz CT molecular complexity index is 1350. The van der Waals surface area contributed by atoms with Crippen molar-refractivity contribution in [3.8, 4) is 5.69 Å². The van der Waals surface area contributed by atoms with Gasteiger partial charge >= 0.3 is 5.97 Å². The van der Waals surface area contributed by atoms with Gasteiger partial charge in [-0.05, 0) is 35.9 Å². The Balaban J connectivity index is 1.94. The van der Waals surface area contributed by atoms with Crippen molar-refractivity contribution < 1.29 is 14.3 Å². The van der Waals surface area contributed by atoms with Crippen LogP contribution in [0.1, 0.15) is 21.2 Å². The summed E-state index contributed by atoms with van der Waals surface area (Å²) >= 11 is 1.08. The zero-order chi connectivity index (χ0) is 22.7. The number of para-hydroxylation sites is 1. The molecule has 8 heteroatoms. The van der Waals surface area contributed by atoms with Crippen molar-refractivity contribution in [2.24, 2.45) is 5.73 Å². The minimum atomic E-state index is -0.765. The fourth-order valence-corrected chi connectivity index (χ4v) is 4.38. The lowest BCUT2D eigenvalue weighted by molar-refractivity contribution is -0.117. The number of esters is 1. The van der Waals surface area contributed by atoms with Crippen LogP contribution in [0.2, 0.25) is 0 Å². The van der Waals surface area contributed by atoms with E-state index in [4.69, 9.17) is 10.5 Å². The molecular formula is C24H19N3O4S. The number of carbonyl (C=O) groups is 2. The number of thioether (sulfide) groups is 1. The molecule has 2 N–H and O–H groups in total. The number of benzene rings is 3. The van der Waals surface area contributed by atoms with Gasteiger partial charge in [0.1, 0.15) is 5.25 Å². The lowest BCUT2D eigenvalue weighted by atomic mass is 10.1. The maximum atomic E-state index is 13.5. The molecule has 0 saturated heterocycles. The first kappa shape index (κ1) is 21.3. The summed E-state index contributed by atoms with van der Waals surface area (Å²) in [7, 11) is 1.28. The van der Waals surface area contributed by atoms with Gasteiger partial charge in [0.05, 0.1) is 29.3 Å². The van der Waals surface area contributed by atoms with Crippen LogP contribution in [-0.2, 0) is 9.53 Å².